The molecule has 32 heavy (non-hydrogen) atoms. The average molecular weight is 478 g/mol. The van der Waals surface area contributed by atoms with Crippen molar-refractivity contribution in [3.05, 3.63) is 62.6 Å². The van der Waals surface area contributed by atoms with Crippen molar-refractivity contribution in [2.24, 2.45) is 11.0 Å². The van der Waals surface area contributed by atoms with Gasteiger partial charge in [0.25, 0.3) is 11.8 Å². The fourth-order valence-corrected chi connectivity index (χ4v) is 3.41. The van der Waals surface area contributed by atoms with Crippen molar-refractivity contribution in [3.8, 4) is 5.75 Å². The maximum atomic E-state index is 12.7. The number of hydrogen-bond acceptors (Lipinski definition) is 4. The van der Waals surface area contributed by atoms with Gasteiger partial charge in [0.05, 0.1) is 23.4 Å². The molecule has 0 saturated carbocycles. The Hall–Kier alpha value is -2.57. The molecule has 172 valence electrons. The lowest BCUT2D eigenvalue weighted by molar-refractivity contribution is -0.123. The Bertz CT molecular complexity index is 1020. The third-order valence-electron chi connectivity index (χ3n) is 5.04. The van der Waals surface area contributed by atoms with Crippen LogP contribution in [0.5, 0.6) is 5.75 Å². The summed E-state index contributed by atoms with van der Waals surface area (Å²) in [7, 11) is 1.65. The standard InChI is InChI=1S/C24H29Cl2N3O3/c1-13(2)18-10-17(15(5)9-21(18)32-6)12-27-29-24(31)22(14(3)4)28-23(30)16-7-8-19(25)20(26)11-16/h7-14,22H,1-6H3,(H,28,30)(H,29,31). The normalized spacial score (nSPS) is 12.3. The number of nitrogens with one attached hydrogen (secondary N) is 2. The molecule has 0 fully saturated rings. The lowest BCUT2D eigenvalue weighted by Gasteiger charge is -2.20. The molecule has 0 aliphatic heterocycles. The van der Waals surface area contributed by atoms with E-state index in [1.165, 1.54) is 12.1 Å². The van der Waals surface area contributed by atoms with Gasteiger partial charge in [-0.15, -0.1) is 0 Å². The summed E-state index contributed by atoms with van der Waals surface area (Å²) >= 11 is 11.9. The predicted molar refractivity (Wildman–Crippen MR) is 130 cm³/mol. The number of halogens is 2. The minimum Gasteiger partial charge on any atom is -0.496 e. The zero-order valence-electron chi connectivity index (χ0n) is 19.1. The van der Waals surface area contributed by atoms with Gasteiger partial charge >= 0.3 is 0 Å². The van der Waals surface area contributed by atoms with Crippen LogP contribution in [-0.4, -0.2) is 31.2 Å². The number of ether oxygens (including phenoxy) is 1. The zero-order valence-corrected chi connectivity index (χ0v) is 20.6. The van der Waals surface area contributed by atoms with Gasteiger partial charge < -0.3 is 10.1 Å². The number of methoxy groups -OCH3 is 1. The molecule has 2 rings (SSSR count). The molecule has 0 heterocycles. The Labute approximate surface area is 199 Å². The molecule has 6 nitrogen and oxygen atoms in total. The number of hydrogen-bond donors (Lipinski definition) is 2. The van der Waals surface area contributed by atoms with E-state index in [-0.39, 0.29) is 16.9 Å². The molecule has 2 aromatic rings. The SMILES string of the molecule is COc1cc(C)c(C=NNC(=O)C(NC(=O)c2ccc(Cl)c(Cl)c2)C(C)C)cc1C(C)C. The summed E-state index contributed by atoms with van der Waals surface area (Å²) in [4.78, 5) is 25.3. The molecule has 0 saturated heterocycles. The number of carbonyl (C=O) groups is 2. The molecule has 0 aliphatic rings. The molecule has 1 unspecified atom stereocenters. The van der Waals surface area contributed by atoms with Crippen molar-refractivity contribution in [1.29, 1.82) is 0 Å². The van der Waals surface area contributed by atoms with Gasteiger partial charge in [0, 0.05) is 5.56 Å². The van der Waals surface area contributed by atoms with Gasteiger partial charge in [0.2, 0.25) is 0 Å². The van der Waals surface area contributed by atoms with Crippen molar-refractivity contribution in [1.82, 2.24) is 10.7 Å². The highest BCUT2D eigenvalue weighted by molar-refractivity contribution is 6.42. The van der Waals surface area contributed by atoms with Crippen LogP contribution in [0.1, 0.15) is 60.7 Å². The largest absolute Gasteiger partial charge is 0.496 e. The van der Waals surface area contributed by atoms with Gasteiger partial charge in [-0.3, -0.25) is 9.59 Å². The minimum absolute atomic E-state index is 0.160. The number of amides is 2. The molecule has 8 heteroatoms. The Morgan fingerprint density at radius 1 is 1.06 bits per heavy atom. The Morgan fingerprint density at radius 3 is 2.31 bits per heavy atom. The Balaban J connectivity index is 2.13. The number of benzene rings is 2. The second kappa shape index (κ2) is 11.3. The second-order valence-corrected chi connectivity index (χ2v) is 8.98. The summed E-state index contributed by atoms with van der Waals surface area (Å²) in [5.74, 6) is 0.0961. The van der Waals surface area contributed by atoms with Gasteiger partial charge in [0.15, 0.2) is 0 Å². The molecule has 0 bridgehead atoms. The highest BCUT2D eigenvalue weighted by Gasteiger charge is 2.24. The summed E-state index contributed by atoms with van der Waals surface area (Å²) < 4.78 is 5.46. The average Bonchev–Trinajstić information content (AvgIpc) is 2.73. The first kappa shape index (κ1) is 25.7. The first-order valence-corrected chi connectivity index (χ1v) is 11.1. The molecule has 2 amide bonds. The topological polar surface area (TPSA) is 79.8 Å². The van der Waals surface area contributed by atoms with E-state index >= 15 is 0 Å². The number of nitrogens with zero attached hydrogens (tertiary/aromatic N) is 1. The molecule has 0 radical (unpaired) electrons. The van der Waals surface area contributed by atoms with Crippen molar-refractivity contribution < 1.29 is 14.3 Å². The molecular formula is C24H29Cl2N3O3. The second-order valence-electron chi connectivity index (χ2n) is 8.16. The third kappa shape index (κ3) is 6.47. The van der Waals surface area contributed by atoms with Crippen LogP contribution in [0, 0.1) is 12.8 Å². The van der Waals surface area contributed by atoms with Gasteiger partial charge in [0.1, 0.15) is 11.8 Å². The molecule has 2 aromatic carbocycles. The molecule has 2 N–H and O–H groups in total. The monoisotopic (exact) mass is 477 g/mol. The molecular weight excluding hydrogens is 449 g/mol. The highest BCUT2D eigenvalue weighted by Crippen LogP contribution is 2.29. The van der Waals surface area contributed by atoms with E-state index in [1.807, 2.05) is 32.9 Å². The Kier molecular flexibility index (Phi) is 9.10. The summed E-state index contributed by atoms with van der Waals surface area (Å²) in [6, 6.07) is 7.72. The van der Waals surface area contributed by atoms with Crippen LogP contribution in [0.3, 0.4) is 0 Å². The van der Waals surface area contributed by atoms with Crippen molar-refractivity contribution in [2.75, 3.05) is 7.11 Å². The van der Waals surface area contributed by atoms with Crippen LogP contribution in [0.4, 0.5) is 0 Å². The minimum atomic E-state index is -0.780. The summed E-state index contributed by atoms with van der Waals surface area (Å²) in [5.41, 5.74) is 5.74. The quantitative estimate of drug-likeness (QED) is 0.397. The van der Waals surface area contributed by atoms with Gasteiger partial charge in [-0.1, -0.05) is 50.9 Å². The predicted octanol–water partition coefficient (Wildman–Crippen LogP) is 5.34. The Morgan fingerprint density at radius 2 is 1.75 bits per heavy atom. The first-order chi connectivity index (χ1) is 15.0. The van der Waals surface area contributed by atoms with Crippen LogP contribution in [0.15, 0.2) is 35.4 Å². The van der Waals surface area contributed by atoms with Gasteiger partial charge in [-0.2, -0.15) is 5.10 Å². The van der Waals surface area contributed by atoms with Crippen molar-refractivity contribution >= 4 is 41.2 Å². The summed E-state index contributed by atoms with van der Waals surface area (Å²) in [6.45, 7) is 9.79. The van der Waals surface area contributed by atoms with Crippen LogP contribution >= 0.6 is 23.2 Å². The molecule has 1 atom stereocenters. The van der Waals surface area contributed by atoms with Gasteiger partial charge in [-0.25, -0.2) is 5.43 Å². The number of rotatable bonds is 8. The molecule has 0 aromatic heterocycles. The van der Waals surface area contributed by atoms with Crippen LogP contribution < -0.4 is 15.5 Å². The van der Waals surface area contributed by atoms with E-state index in [0.29, 0.717) is 10.6 Å². The first-order valence-electron chi connectivity index (χ1n) is 10.3. The lowest BCUT2D eigenvalue weighted by atomic mass is 9.97. The van der Waals surface area contributed by atoms with Crippen molar-refractivity contribution in [3.63, 3.8) is 0 Å². The zero-order chi connectivity index (χ0) is 24.0. The van der Waals surface area contributed by atoms with Crippen LogP contribution in [-0.2, 0) is 4.79 Å². The van der Waals surface area contributed by atoms with E-state index in [1.54, 1.807) is 19.4 Å². The van der Waals surface area contributed by atoms with E-state index < -0.39 is 17.9 Å². The fraction of sp³-hybridized carbons (Fsp3) is 0.375. The van der Waals surface area contributed by atoms with E-state index in [0.717, 1.165) is 22.4 Å². The van der Waals surface area contributed by atoms with E-state index in [4.69, 9.17) is 27.9 Å². The highest BCUT2D eigenvalue weighted by atomic mass is 35.5. The fourth-order valence-electron chi connectivity index (χ4n) is 3.11. The number of hydrazone groups is 1. The van der Waals surface area contributed by atoms with E-state index in [2.05, 4.69) is 29.7 Å². The van der Waals surface area contributed by atoms with Crippen LogP contribution in [0.2, 0.25) is 10.0 Å². The summed E-state index contributed by atoms with van der Waals surface area (Å²) in [6.07, 6.45) is 1.59. The van der Waals surface area contributed by atoms with E-state index in [9.17, 15) is 9.59 Å². The van der Waals surface area contributed by atoms with Crippen LogP contribution in [0.25, 0.3) is 0 Å². The maximum absolute atomic E-state index is 12.7. The number of aryl methyl sites for hydroxylation is 1. The molecule has 0 aliphatic carbocycles. The maximum Gasteiger partial charge on any atom is 0.262 e. The third-order valence-corrected chi connectivity index (χ3v) is 5.78. The molecule has 0 spiro atoms. The summed E-state index contributed by atoms with van der Waals surface area (Å²) in [5, 5.41) is 7.47. The smallest absolute Gasteiger partial charge is 0.262 e. The van der Waals surface area contributed by atoms with Crippen molar-refractivity contribution in [2.45, 2.75) is 46.6 Å². The van der Waals surface area contributed by atoms with Gasteiger partial charge in [-0.05, 0) is 65.8 Å². The number of carbonyl (C=O) groups excluding carboxylic acids is 2. The lowest BCUT2D eigenvalue weighted by Crippen LogP contribution is -2.48.